The van der Waals surface area contributed by atoms with Crippen LogP contribution in [0.4, 0.5) is 17.1 Å². The molecule has 3 amide bonds. The zero-order valence-electron chi connectivity index (χ0n) is 19.8. The number of sulfonamides is 1. The van der Waals surface area contributed by atoms with Crippen molar-refractivity contribution in [2.45, 2.75) is 24.7 Å². The third-order valence-corrected chi connectivity index (χ3v) is 7.68. The number of hydrogen-bond acceptors (Lipinski definition) is 6. The number of amides is 3. The van der Waals surface area contributed by atoms with Crippen LogP contribution in [0.3, 0.4) is 0 Å². The predicted molar refractivity (Wildman–Crippen MR) is 136 cm³/mol. The summed E-state index contributed by atoms with van der Waals surface area (Å²) in [4.78, 5) is 37.9. The minimum Gasteiger partial charge on any atom is -0.495 e. The summed E-state index contributed by atoms with van der Waals surface area (Å²) in [7, 11) is -2.50. The summed E-state index contributed by atoms with van der Waals surface area (Å²) in [5, 5.41) is 2.70. The number of hydrogen-bond donors (Lipinski definition) is 1. The molecule has 0 spiro atoms. The summed E-state index contributed by atoms with van der Waals surface area (Å²) < 4.78 is 33.4. The van der Waals surface area contributed by atoms with Gasteiger partial charge in [-0.25, -0.2) is 8.42 Å². The van der Waals surface area contributed by atoms with Gasteiger partial charge in [0.2, 0.25) is 11.8 Å². The lowest BCUT2D eigenvalue weighted by molar-refractivity contribution is -0.121. The number of rotatable bonds is 8. The minimum atomic E-state index is -3.92. The van der Waals surface area contributed by atoms with E-state index in [1.165, 1.54) is 53.9 Å². The highest BCUT2D eigenvalue weighted by Gasteiger charge is 2.30. The van der Waals surface area contributed by atoms with Crippen molar-refractivity contribution in [2.75, 3.05) is 28.2 Å². The molecular formula is C26H25N3O6S. The summed E-state index contributed by atoms with van der Waals surface area (Å²) in [5.41, 5.74) is 1.36. The van der Waals surface area contributed by atoms with E-state index in [-0.39, 0.29) is 53.1 Å². The average molecular weight is 508 g/mol. The van der Waals surface area contributed by atoms with Crippen LogP contribution in [-0.4, -0.2) is 39.8 Å². The molecule has 3 aromatic carbocycles. The second-order valence-electron chi connectivity index (χ2n) is 7.99. The third kappa shape index (κ3) is 4.80. The summed E-state index contributed by atoms with van der Waals surface area (Å²) in [5.74, 6) is -0.785. The van der Waals surface area contributed by atoms with E-state index in [4.69, 9.17) is 4.74 Å². The summed E-state index contributed by atoms with van der Waals surface area (Å²) in [6.45, 7) is 1.96. The van der Waals surface area contributed by atoms with Gasteiger partial charge in [0.05, 0.1) is 29.1 Å². The van der Waals surface area contributed by atoms with Crippen molar-refractivity contribution >= 4 is 44.8 Å². The number of nitrogens with zero attached hydrogens (tertiary/aromatic N) is 2. The van der Waals surface area contributed by atoms with Crippen LogP contribution in [-0.2, 0) is 19.6 Å². The number of carbonyl (C=O) groups excluding carboxylic acids is 3. The van der Waals surface area contributed by atoms with Gasteiger partial charge in [0.25, 0.3) is 15.9 Å². The number of carbonyl (C=O) groups is 3. The van der Waals surface area contributed by atoms with Crippen molar-refractivity contribution < 1.29 is 27.5 Å². The van der Waals surface area contributed by atoms with E-state index in [0.29, 0.717) is 11.4 Å². The number of para-hydroxylation sites is 1. The van der Waals surface area contributed by atoms with Gasteiger partial charge < -0.3 is 10.1 Å². The second-order valence-corrected chi connectivity index (χ2v) is 9.85. The maximum Gasteiger partial charge on any atom is 0.264 e. The molecule has 3 aromatic rings. The fraction of sp³-hybridized carbons (Fsp3) is 0.192. The molecule has 0 saturated carbocycles. The van der Waals surface area contributed by atoms with Crippen LogP contribution in [0.1, 0.15) is 30.1 Å². The molecule has 1 aliphatic rings. The highest BCUT2D eigenvalue weighted by Crippen LogP contribution is 2.31. The largest absolute Gasteiger partial charge is 0.495 e. The van der Waals surface area contributed by atoms with Crippen LogP contribution >= 0.6 is 0 Å². The number of nitrogens with one attached hydrogen (secondary N) is 1. The molecule has 186 valence electrons. The Balaban J connectivity index is 1.60. The standard InChI is InChI=1S/C26H25N3O6S/c1-3-28(19-7-5-4-6-8-19)36(33,34)21-13-14-23(35-2)22(17-21)27-26(32)18-9-11-20(12-10-18)29-24(30)15-16-25(29)31/h4-14,17H,3,15-16H2,1-2H3,(H,27,32). The lowest BCUT2D eigenvalue weighted by Gasteiger charge is -2.23. The number of ether oxygens (including phenoxy) is 1. The second kappa shape index (κ2) is 10.2. The monoisotopic (exact) mass is 507 g/mol. The number of imide groups is 1. The SMILES string of the molecule is CCN(c1ccccc1)S(=O)(=O)c1ccc(OC)c(NC(=O)c2ccc(N3C(=O)CCC3=O)cc2)c1. The van der Waals surface area contributed by atoms with Crippen LogP contribution in [0.25, 0.3) is 0 Å². The molecule has 36 heavy (non-hydrogen) atoms. The molecule has 0 atom stereocenters. The first-order valence-electron chi connectivity index (χ1n) is 11.3. The summed E-state index contributed by atoms with van der Waals surface area (Å²) in [6, 6.07) is 19.0. The van der Waals surface area contributed by atoms with Gasteiger partial charge in [0, 0.05) is 24.9 Å². The fourth-order valence-electron chi connectivity index (χ4n) is 3.98. The van der Waals surface area contributed by atoms with E-state index in [1.54, 1.807) is 37.3 Å². The van der Waals surface area contributed by atoms with Crippen LogP contribution in [0.15, 0.2) is 77.7 Å². The average Bonchev–Trinajstić information content (AvgIpc) is 3.22. The highest BCUT2D eigenvalue weighted by atomic mass is 32.2. The Hall–Kier alpha value is -4.18. The van der Waals surface area contributed by atoms with Crippen LogP contribution in [0, 0.1) is 0 Å². The van der Waals surface area contributed by atoms with E-state index in [2.05, 4.69) is 5.32 Å². The van der Waals surface area contributed by atoms with Crippen molar-refractivity contribution in [1.29, 1.82) is 0 Å². The number of methoxy groups -OCH3 is 1. The van der Waals surface area contributed by atoms with Gasteiger partial charge in [-0.3, -0.25) is 23.6 Å². The van der Waals surface area contributed by atoms with Gasteiger partial charge in [-0.05, 0) is 61.5 Å². The van der Waals surface area contributed by atoms with Crippen molar-refractivity contribution in [1.82, 2.24) is 0 Å². The highest BCUT2D eigenvalue weighted by molar-refractivity contribution is 7.92. The number of benzene rings is 3. The van der Waals surface area contributed by atoms with Gasteiger partial charge in [0.1, 0.15) is 5.75 Å². The summed E-state index contributed by atoms with van der Waals surface area (Å²) >= 11 is 0. The zero-order valence-corrected chi connectivity index (χ0v) is 20.6. The molecule has 0 aromatic heterocycles. The molecule has 1 fully saturated rings. The van der Waals surface area contributed by atoms with Crippen LogP contribution in [0.2, 0.25) is 0 Å². The lowest BCUT2D eigenvalue weighted by atomic mass is 10.1. The van der Waals surface area contributed by atoms with Crippen molar-refractivity contribution in [3.63, 3.8) is 0 Å². The Kier molecular flexibility index (Phi) is 7.07. The molecule has 1 aliphatic heterocycles. The Bertz CT molecular complexity index is 1390. The Morgan fingerprint density at radius 3 is 2.19 bits per heavy atom. The van der Waals surface area contributed by atoms with Crippen LogP contribution in [0.5, 0.6) is 5.75 Å². The molecule has 1 heterocycles. The lowest BCUT2D eigenvalue weighted by Crippen LogP contribution is -2.30. The van der Waals surface area contributed by atoms with E-state index >= 15 is 0 Å². The maximum atomic E-state index is 13.4. The molecule has 4 rings (SSSR count). The molecule has 0 radical (unpaired) electrons. The molecule has 10 heteroatoms. The number of anilines is 3. The maximum absolute atomic E-state index is 13.4. The first kappa shape index (κ1) is 24.9. The Morgan fingerprint density at radius 1 is 0.972 bits per heavy atom. The first-order chi connectivity index (χ1) is 17.3. The van der Waals surface area contributed by atoms with Crippen molar-refractivity contribution in [3.8, 4) is 5.75 Å². The van der Waals surface area contributed by atoms with Crippen LogP contribution < -0.4 is 19.3 Å². The minimum absolute atomic E-state index is 0.00860. The zero-order chi connectivity index (χ0) is 25.9. The van der Waals surface area contributed by atoms with Crippen molar-refractivity contribution in [2.24, 2.45) is 0 Å². The normalized spacial score (nSPS) is 13.6. The summed E-state index contributed by atoms with van der Waals surface area (Å²) in [6.07, 6.45) is 0.333. The smallest absolute Gasteiger partial charge is 0.264 e. The Morgan fingerprint density at radius 2 is 1.61 bits per heavy atom. The third-order valence-electron chi connectivity index (χ3n) is 5.78. The molecule has 0 aliphatic carbocycles. The molecule has 0 unspecified atom stereocenters. The van der Waals surface area contributed by atoms with E-state index in [0.717, 1.165) is 4.90 Å². The molecule has 9 nitrogen and oxygen atoms in total. The van der Waals surface area contributed by atoms with Crippen molar-refractivity contribution in [3.05, 3.63) is 78.4 Å². The van der Waals surface area contributed by atoms with E-state index < -0.39 is 15.9 Å². The van der Waals surface area contributed by atoms with Gasteiger partial charge >= 0.3 is 0 Å². The predicted octanol–water partition coefficient (Wildman–Crippen LogP) is 3.82. The van der Waals surface area contributed by atoms with E-state index in [1.807, 2.05) is 0 Å². The van der Waals surface area contributed by atoms with Gasteiger partial charge in [-0.1, -0.05) is 18.2 Å². The van der Waals surface area contributed by atoms with Gasteiger partial charge in [0.15, 0.2) is 0 Å². The Labute approximate surface area is 209 Å². The van der Waals surface area contributed by atoms with Gasteiger partial charge in [-0.15, -0.1) is 0 Å². The van der Waals surface area contributed by atoms with Gasteiger partial charge in [-0.2, -0.15) is 0 Å². The van der Waals surface area contributed by atoms with E-state index in [9.17, 15) is 22.8 Å². The fourth-order valence-corrected chi connectivity index (χ4v) is 5.48. The molecule has 1 N–H and O–H groups in total. The quantitative estimate of drug-likeness (QED) is 0.464. The molecule has 0 bridgehead atoms. The first-order valence-corrected chi connectivity index (χ1v) is 12.7. The topological polar surface area (TPSA) is 113 Å². The molecule has 1 saturated heterocycles. The molecular weight excluding hydrogens is 482 g/mol.